The number of nitrogens with zero attached hydrogens (tertiary/aromatic N) is 3. The van der Waals surface area contributed by atoms with Crippen molar-refractivity contribution in [1.29, 1.82) is 0 Å². The number of pyridine rings is 2. The number of benzene rings is 1. The van der Waals surface area contributed by atoms with E-state index in [4.69, 9.17) is 19.7 Å². The number of hydrogen-bond donors (Lipinski definition) is 2. The summed E-state index contributed by atoms with van der Waals surface area (Å²) in [7, 11) is 0. The molecule has 1 saturated heterocycles. The molecular weight excluding hydrogens is 540 g/mol. The van der Waals surface area contributed by atoms with E-state index in [0.29, 0.717) is 29.9 Å². The van der Waals surface area contributed by atoms with Gasteiger partial charge in [-0.1, -0.05) is 32.9 Å². The summed E-state index contributed by atoms with van der Waals surface area (Å²) >= 11 is 0. The van der Waals surface area contributed by atoms with Crippen LogP contribution in [0.2, 0.25) is 0 Å². The minimum Gasteiger partial charge on any atom is -0.492 e. The minimum atomic E-state index is -0.500. The Kier molecular flexibility index (Phi) is 12.8. The molecule has 1 fully saturated rings. The predicted molar refractivity (Wildman–Crippen MR) is 163 cm³/mol. The van der Waals surface area contributed by atoms with E-state index in [2.05, 4.69) is 35.6 Å². The largest absolute Gasteiger partial charge is 0.492 e. The standard InChI is InChI=1S/C28H33F2N3O.C4H10O.CH2O2/c1-5-23-19(2)31-18-24(27(23)33-13-11-28(3,4)12-14-33)26-25(30)16-22(17-32-26)34-15-10-20-6-8-21(29)9-7-20;1-4(2,3)5;2-1-3/h6-9,16-18H,5,10-15H2,1-4H3;5H,1-3H3;1H,(H,2,3). The molecule has 0 amide bonds. The number of ether oxygens (including phenoxy) is 1. The minimum absolute atomic E-state index is 0.250. The molecule has 0 unspecified atom stereocenters. The monoisotopic (exact) mass is 585 g/mol. The average molecular weight is 586 g/mol. The molecule has 1 aliphatic heterocycles. The smallest absolute Gasteiger partial charge is 0.290 e. The third kappa shape index (κ3) is 11.0. The van der Waals surface area contributed by atoms with Crippen LogP contribution in [0.5, 0.6) is 5.75 Å². The van der Waals surface area contributed by atoms with E-state index in [0.717, 1.165) is 60.4 Å². The molecule has 3 aromatic rings. The van der Waals surface area contributed by atoms with Crippen LogP contribution in [0, 0.1) is 24.0 Å². The lowest BCUT2D eigenvalue weighted by Crippen LogP contribution is -2.38. The van der Waals surface area contributed by atoms with Crippen molar-refractivity contribution in [2.45, 2.75) is 79.8 Å². The molecule has 42 heavy (non-hydrogen) atoms. The Hall–Kier alpha value is -3.59. The van der Waals surface area contributed by atoms with Gasteiger partial charge in [0, 0.05) is 43.0 Å². The Morgan fingerprint density at radius 2 is 1.64 bits per heavy atom. The SMILES string of the molecule is CC(C)(C)O.CCc1c(C)ncc(-c2ncc(OCCc3ccc(F)cc3)cc2F)c1N1CCC(C)(C)CC1.O=CO. The molecule has 0 radical (unpaired) electrons. The number of anilines is 1. The predicted octanol–water partition coefficient (Wildman–Crippen LogP) is 7.02. The van der Waals surface area contributed by atoms with Crippen LogP contribution >= 0.6 is 0 Å². The lowest BCUT2D eigenvalue weighted by Gasteiger charge is -2.40. The van der Waals surface area contributed by atoms with Crippen LogP contribution in [-0.2, 0) is 17.6 Å². The van der Waals surface area contributed by atoms with Gasteiger partial charge in [0.15, 0.2) is 5.82 Å². The lowest BCUT2D eigenvalue weighted by atomic mass is 9.82. The molecule has 2 aromatic heterocycles. The van der Waals surface area contributed by atoms with Gasteiger partial charge in [-0.25, -0.2) is 13.8 Å². The highest BCUT2D eigenvalue weighted by Crippen LogP contribution is 2.40. The van der Waals surface area contributed by atoms with Crippen molar-refractivity contribution in [3.05, 3.63) is 71.2 Å². The Balaban J connectivity index is 0.000000686. The van der Waals surface area contributed by atoms with E-state index in [1.54, 1.807) is 45.3 Å². The number of hydrogen-bond acceptors (Lipinski definition) is 6. The van der Waals surface area contributed by atoms with Crippen LogP contribution in [-0.4, -0.2) is 52.0 Å². The highest BCUT2D eigenvalue weighted by Gasteiger charge is 2.29. The fourth-order valence-corrected chi connectivity index (χ4v) is 4.56. The van der Waals surface area contributed by atoms with E-state index >= 15 is 4.39 Å². The highest BCUT2D eigenvalue weighted by molar-refractivity contribution is 5.79. The first-order valence-electron chi connectivity index (χ1n) is 14.3. The van der Waals surface area contributed by atoms with Gasteiger partial charge in [0.05, 0.1) is 24.1 Å². The molecule has 1 aromatic carbocycles. The van der Waals surface area contributed by atoms with Crippen molar-refractivity contribution in [1.82, 2.24) is 9.97 Å². The molecule has 0 aliphatic carbocycles. The second-order valence-corrected chi connectivity index (χ2v) is 12.1. The highest BCUT2D eigenvalue weighted by atomic mass is 19.1. The number of aryl methyl sites for hydroxylation is 1. The van der Waals surface area contributed by atoms with Crippen LogP contribution in [0.25, 0.3) is 11.3 Å². The van der Waals surface area contributed by atoms with Crippen LogP contribution in [0.4, 0.5) is 14.5 Å². The fraction of sp³-hybridized carbons (Fsp3) is 0.485. The quantitative estimate of drug-likeness (QED) is 0.288. The molecule has 0 spiro atoms. The molecular formula is C33H45F2N3O4. The van der Waals surface area contributed by atoms with Gasteiger partial charge in [-0.3, -0.25) is 9.78 Å². The number of rotatable bonds is 7. The first-order chi connectivity index (χ1) is 19.7. The van der Waals surface area contributed by atoms with Crippen LogP contribution < -0.4 is 9.64 Å². The Labute approximate surface area is 248 Å². The Morgan fingerprint density at radius 1 is 1.07 bits per heavy atom. The van der Waals surface area contributed by atoms with Crippen LogP contribution in [0.3, 0.4) is 0 Å². The summed E-state index contributed by atoms with van der Waals surface area (Å²) in [5, 5.41) is 15.4. The molecule has 4 rings (SSSR count). The molecule has 0 atom stereocenters. The summed E-state index contributed by atoms with van der Waals surface area (Å²) in [4.78, 5) is 19.8. The summed E-state index contributed by atoms with van der Waals surface area (Å²) in [6.45, 7) is 15.9. The molecule has 9 heteroatoms. The molecule has 230 valence electrons. The zero-order chi connectivity index (χ0) is 31.5. The Bertz CT molecular complexity index is 1280. The maximum atomic E-state index is 15.3. The summed E-state index contributed by atoms with van der Waals surface area (Å²) in [5.41, 5.74) is 5.00. The molecule has 3 heterocycles. The van der Waals surface area contributed by atoms with E-state index in [9.17, 15) is 4.39 Å². The van der Waals surface area contributed by atoms with E-state index < -0.39 is 11.4 Å². The maximum absolute atomic E-state index is 15.3. The van der Waals surface area contributed by atoms with Gasteiger partial charge in [-0.2, -0.15) is 0 Å². The molecule has 2 N–H and O–H groups in total. The van der Waals surface area contributed by atoms with Gasteiger partial charge in [0.2, 0.25) is 0 Å². The first-order valence-corrected chi connectivity index (χ1v) is 14.3. The van der Waals surface area contributed by atoms with E-state index in [1.807, 2.05) is 6.92 Å². The van der Waals surface area contributed by atoms with Gasteiger partial charge >= 0.3 is 0 Å². The third-order valence-corrected chi connectivity index (χ3v) is 6.80. The molecule has 0 bridgehead atoms. The zero-order valence-corrected chi connectivity index (χ0v) is 25.9. The molecule has 7 nitrogen and oxygen atoms in total. The first kappa shape index (κ1) is 34.6. The summed E-state index contributed by atoms with van der Waals surface area (Å²) < 4.78 is 34.1. The van der Waals surface area contributed by atoms with Crippen molar-refractivity contribution in [3.63, 3.8) is 0 Å². The normalized spacial score (nSPS) is 14.2. The van der Waals surface area contributed by atoms with Crippen molar-refractivity contribution < 1.29 is 28.5 Å². The lowest BCUT2D eigenvalue weighted by molar-refractivity contribution is -0.122. The van der Waals surface area contributed by atoms with Gasteiger partial charge in [-0.15, -0.1) is 0 Å². The van der Waals surface area contributed by atoms with Crippen LogP contribution in [0.1, 0.15) is 71.2 Å². The number of halogens is 2. The van der Waals surface area contributed by atoms with E-state index in [1.165, 1.54) is 18.2 Å². The average Bonchev–Trinajstić information content (AvgIpc) is 2.90. The number of carboxylic acid groups (broad SMARTS) is 1. The van der Waals surface area contributed by atoms with Gasteiger partial charge < -0.3 is 19.8 Å². The zero-order valence-electron chi connectivity index (χ0n) is 25.9. The van der Waals surface area contributed by atoms with Crippen molar-refractivity contribution in [2.75, 3.05) is 24.6 Å². The number of carbonyl (C=O) groups is 1. The molecule has 1 aliphatic rings. The van der Waals surface area contributed by atoms with E-state index in [-0.39, 0.29) is 12.3 Å². The third-order valence-electron chi connectivity index (χ3n) is 6.80. The number of aromatic nitrogens is 2. The number of aliphatic hydroxyl groups is 1. The number of piperidine rings is 1. The fourth-order valence-electron chi connectivity index (χ4n) is 4.56. The summed E-state index contributed by atoms with van der Waals surface area (Å²) in [6.07, 6.45) is 6.93. The maximum Gasteiger partial charge on any atom is 0.290 e. The topological polar surface area (TPSA) is 95.8 Å². The van der Waals surface area contributed by atoms with Gasteiger partial charge in [0.25, 0.3) is 6.47 Å². The van der Waals surface area contributed by atoms with Crippen molar-refractivity contribution in [3.8, 4) is 17.0 Å². The second-order valence-electron chi connectivity index (χ2n) is 12.1. The second kappa shape index (κ2) is 15.6. The van der Waals surface area contributed by atoms with Gasteiger partial charge in [0.1, 0.15) is 17.3 Å². The van der Waals surface area contributed by atoms with Gasteiger partial charge in [-0.05, 0) is 75.6 Å². The Morgan fingerprint density at radius 3 is 2.17 bits per heavy atom. The van der Waals surface area contributed by atoms with Crippen LogP contribution in [0.15, 0.2) is 42.7 Å². The molecule has 0 saturated carbocycles. The summed E-state index contributed by atoms with van der Waals surface area (Å²) in [6, 6.07) is 7.68. The van der Waals surface area contributed by atoms with Crippen molar-refractivity contribution in [2.24, 2.45) is 5.41 Å². The summed E-state index contributed by atoms with van der Waals surface area (Å²) in [5.74, 6) is -0.318. The van der Waals surface area contributed by atoms with Crippen molar-refractivity contribution >= 4 is 12.2 Å².